The third kappa shape index (κ3) is 2.35. The Kier molecular flexibility index (Phi) is 3.30. The van der Waals surface area contributed by atoms with Crippen molar-refractivity contribution >= 4 is 5.95 Å². The Balaban J connectivity index is 1.58. The predicted octanol–water partition coefficient (Wildman–Crippen LogP) is 1.93. The number of likely N-dealkylation sites (tertiary alicyclic amines) is 1. The molecule has 0 bridgehead atoms. The molecule has 1 aliphatic carbocycles. The van der Waals surface area contributed by atoms with Gasteiger partial charge in [0.15, 0.2) is 0 Å². The minimum atomic E-state index is 0.178. The van der Waals surface area contributed by atoms with E-state index in [2.05, 4.69) is 32.0 Å². The van der Waals surface area contributed by atoms with Crippen molar-refractivity contribution in [2.75, 3.05) is 18.8 Å². The first-order chi connectivity index (χ1) is 10.8. The molecule has 2 N–H and O–H groups in total. The molecule has 0 radical (unpaired) electrons. The zero-order valence-electron chi connectivity index (χ0n) is 12.7. The summed E-state index contributed by atoms with van der Waals surface area (Å²) in [5.74, 6) is 0.409. The minimum absolute atomic E-state index is 0.178. The van der Waals surface area contributed by atoms with Gasteiger partial charge in [0, 0.05) is 37.1 Å². The molecule has 0 saturated carbocycles. The highest BCUT2D eigenvalue weighted by Crippen LogP contribution is 2.44. The number of aryl methyl sites for hydroxylation is 1. The second-order valence-corrected chi connectivity index (χ2v) is 6.55. The summed E-state index contributed by atoms with van der Waals surface area (Å²) >= 11 is 0. The molecule has 2 aromatic rings. The molecule has 1 aliphatic heterocycles. The lowest BCUT2D eigenvalue weighted by molar-refractivity contribution is 0.137. The van der Waals surface area contributed by atoms with Crippen LogP contribution in [0.4, 0.5) is 5.95 Å². The highest BCUT2D eigenvalue weighted by molar-refractivity contribution is 5.37. The number of hydrogen-bond acceptors (Lipinski definition) is 5. The normalized spacial score (nSPS) is 24.5. The van der Waals surface area contributed by atoms with Gasteiger partial charge < -0.3 is 5.73 Å². The Bertz CT molecular complexity index is 668. The number of nitrogen functional groups attached to an aromatic ring is 1. The number of nitrogens with two attached hydrogens (primary N) is 1. The number of pyridine rings is 1. The molecule has 2 aliphatic rings. The van der Waals surface area contributed by atoms with Crippen molar-refractivity contribution in [3.63, 3.8) is 0 Å². The van der Waals surface area contributed by atoms with Crippen LogP contribution in [-0.2, 0) is 18.4 Å². The fourth-order valence-electron chi connectivity index (χ4n) is 4.06. The molecule has 4 rings (SSSR count). The smallest absolute Gasteiger partial charge is 0.220 e. The third-order valence-electron chi connectivity index (χ3n) is 5.07. The molecule has 22 heavy (non-hydrogen) atoms. The van der Waals surface area contributed by atoms with E-state index in [1.165, 1.54) is 36.1 Å². The number of aromatic nitrogens is 3. The van der Waals surface area contributed by atoms with Gasteiger partial charge in [0.05, 0.1) is 5.69 Å². The Hall–Kier alpha value is -2.01. The standard InChI is InChI=1S/C17H21N5/c18-16-20-10-14-2-6-17(15(14)21-16)5-1-9-22(12-17)11-13-3-7-19-8-4-13/h3-4,7-8,10H,1-2,5-6,9,11-12H2,(H2,18,20,21). The summed E-state index contributed by atoms with van der Waals surface area (Å²) in [5, 5.41) is 0. The van der Waals surface area contributed by atoms with Crippen LogP contribution in [0.2, 0.25) is 0 Å². The Morgan fingerprint density at radius 1 is 1.23 bits per heavy atom. The van der Waals surface area contributed by atoms with Gasteiger partial charge in [0.2, 0.25) is 5.95 Å². The lowest BCUT2D eigenvalue weighted by Crippen LogP contribution is -2.45. The molecule has 1 spiro atoms. The van der Waals surface area contributed by atoms with Gasteiger partial charge in [-0.25, -0.2) is 9.97 Å². The molecule has 1 fully saturated rings. The van der Waals surface area contributed by atoms with Crippen molar-refractivity contribution in [2.24, 2.45) is 0 Å². The summed E-state index contributed by atoms with van der Waals surface area (Å²) in [7, 11) is 0. The molecule has 1 saturated heterocycles. The zero-order chi connectivity index (χ0) is 15.0. The van der Waals surface area contributed by atoms with Crippen molar-refractivity contribution in [1.82, 2.24) is 19.9 Å². The fraction of sp³-hybridized carbons (Fsp3) is 0.471. The van der Waals surface area contributed by atoms with Crippen molar-refractivity contribution in [2.45, 2.75) is 37.6 Å². The third-order valence-corrected chi connectivity index (χ3v) is 5.07. The number of anilines is 1. The Labute approximate surface area is 130 Å². The van der Waals surface area contributed by atoms with Crippen LogP contribution in [-0.4, -0.2) is 32.9 Å². The van der Waals surface area contributed by atoms with Crippen LogP contribution in [0.15, 0.2) is 30.7 Å². The maximum Gasteiger partial charge on any atom is 0.220 e. The second kappa shape index (κ2) is 5.32. The molecule has 3 heterocycles. The molecule has 1 atom stereocenters. The number of hydrogen-bond donors (Lipinski definition) is 1. The minimum Gasteiger partial charge on any atom is -0.368 e. The quantitative estimate of drug-likeness (QED) is 0.917. The van der Waals surface area contributed by atoms with E-state index >= 15 is 0 Å². The van der Waals surface area contributed by atoms with Gasteiger partial charge in [-0.05, 0) is 55.5 Å². The van der Waals surface area contributed by atoms with E-state index in [1.807, 2.05) is 18.6 Å². The molecule has 0 aromatic carbocycles. The largest absolute Gasteiger partial charge is 0.368 e. The van der Waals surface area contributed by atoms with Crippen molar-refractivity contribution in [1.29, 1.82) is 0 Å². The van der Waals surface area contributed by atoms with Gasteiger partial charge in [-0.3, -0.25) is 9.88 Å². The van der Waals surface area contributed by atoms with Crippen LogP contribution in [0.5, 0.6) is 0 Å². The maximum absolute atomic E-state index is 5.84. The summed E-state index contributed by atoms with van der Waals surface area (Å²) < 4.78 is 0. The van der Waals surface area contributed by atoms with E-state index < -0.39 is 0 Å². The summed E-state index contributed by atoms with van der Waals surface area (Å²) in [6, 6.07) is 4.20. The Morgan fingerprint density at radius 2 is 2.09 bits per heavy atom. The first kappa shape index (κ1) is 13.6. The highest BCUT2D eigenvalue weighted by atomic mass is 15.1. The van der Waals surface area contributed by atoms with Gasteiger partial charge in [-0.1, -0.05) is 0 Å². The Morgan fingerprint density at radius 3 is 2.95 bits per heavy atom. The van der Waals surface area contributed by atoms with Crippen molar-refractivity contribution < 1.29 is 0 Å². The molecule has 1 unspecified atom stereocenters. The highest BCUT2D eigenvalue weighted by Gasteiger charge is 2.43. The summed E-state index contributed by atoms with van der Waals surface area (Å²) in [6.45, 7) is 3.21. The average Bonchev–Trinajstić information content (AvgIpc) is 2.86. The van der Waals surface area contributed by atoms with Gasteiger partial charge in [0.1, 0.15) is 0 Å². The van der Waals surface area contributed by atoms with E-state index in [-0.39, 0.29) is 5.41 Å². The number of nitrogens with zero attached hydrogens (tertiary/aromatic N) is 4. The average molecular weight is 295 g/mol. The van der Waals surface area contributed by atoms with Crippen LogP contribution in [0.3, 0.4) is 0 Å². The summed E-state index contributed by atoms with van der Waals surface area (Å²) in [4.78, 5) is 15.4. The van der Waals surface area contributed by atoms with Crippen molar-refractivity contribution in [3.05, 3.63) is 47.5 Å². The van der Waals surface area contributed by atoms with E-state index in [9.17, 15) is 0 Å². The first-order valence-corrected chi connectivity index (χ1v) is 7.98. The molecule has 5 heteroatoms. The van der Waals surface area contributed by atoms with E-state index in [1.54, 1.807) is 0 Å². The molecular weight excluding hydrogens is 274 g/mol. The molecule has 5 nitrogen and oxygen atoms in total. The lowest BCUT2D eigenvalue weighted by atomic mass is 9.77. The van der Waals surface area contributed by atoms with Crippen LogP contribution in [0.1, 0.15) is 36.1 Å². The summed E-state index contributed by atoms with van der Waals surface area (Å²) in [5.41, 5.74) is 9.84. The number of piperidine rings is 1. The fourth-order valence-corrected chi connectivity index (χ4v) is 4.06. The predicted molar refractivity (Wildman–Crippen MR) is 85.2 cm³/mol. The molecule has 114 valence electrons. The monoisotopic (exact) mass is 295 g/mol. The number of fused-ring (bicyclic) bond motifs is 2. The van der Waals surface area contributed by atoms with Crippen LogP contribution >= 0.6 is 0 Å². The van der Waals surface area contributed by atoms with Gasteiger partial charge in [0.25, 0.3) is 0 Å². The van der Waals surface area contributed by atoms with E-state index in [0.717, 1.165) is 26.1 Å². The van der Waals surface area contributed by atoms with Crippen LogP contribution in [0.25, 0.3) is 0 Å². The first-order valence-electron chi connectivity index (χ1n) is 7.98. The van der Waals surface area contributed by atoms with Crippen LogP contribution in [0, 0.1) is 0 Å². The topological polar surface area (TPSA) is 67.9 Å². The van der Waals surface area contributed by atoms with Gasteiger partial charge in [-0.15, -0.1) is 0 Å². The maximum atomic E-state index is 5.84. The molecule has 2 aromatic heterocycles. The van der Waals surface area contributed by atoms with E-state index in [4.69, 9.17) is 5.73 Å². The summed E-state index contributed by atoms with van der Waals surface area (Å²) in [6.07, 6.45) is 10.3. The van der Waals surface area contributed by atoms with Gasteiger partial charge in [-0.2, -0.15) is 0 Å². The lowest BCUT2D eigenvalue weighted by Gasteiger charge is -2.40. The van der Waals surface area contributed by atoms with Gasteiger partial charge >= 0.3 is 0 Å². The zero-order valence-corrected chi connectivity index (χ0v) is 12.7. The van der Waals surface area contributed by atoms with Crippen LogP contribution < -0.4 is 5.73 Å². The molecular formula is C17H21N5. The van der Waals surface area contributed by atoms with Crippen molar-refractivity contribution in [3.8, 4) is 0 Å². The molecule has 0 amide bonds. The number of rotatable bonds is 2. The SMILES string of the molecule is Nc1ncc2c(n1)C1(CCCN(Cc3ccncc3)C1)CC2. The van der Waals surface area contributed by atoms with E-state index in [0.29, 0.717) is 5.95 Å². The second-order valence-electron chi connectivity index (χ2n) is 6.55.